The number of allylic oxidation sites excluding steroid dienone is 6. The summed E-state index contributed by atoms with van der Waals surface area (Å²) in [6, 6.07) is 0. The van der Waals surface area contributed by atoms with Gasteiger partial charge in [0.05, 0.1) is 0 Å². The van der Waals surface area contributed by atoms with Gasteiger partial charge in [-0.3, -0.25) is 0 Å². The minimum absolute atomic E-state index is 0.229. The Morgan fingerprint density at radius 2 is 1.46 bits per heavy atom. The van der Waals surface area contributed by atoms with Crippen molar-refractivity contribution in [2.75, 3.05) is 0 Å². The predicted octanol–water partition coefficient (Wildman–Crippen LogP) is 4.33. The second-order valence-electron chi connectivity index (χ2n) is 3.36. The zero-order valence-electron chi connectivity index (χ0n) is 8.87. The summed E-state index contributed by atoms with van der Waals surface area (Å²) in [7, 11) is 0. The van der Waals surface area contributed by atoms with Gasteiger partial charge in [-0.25, -0.2) is 4.39 Å². The van der Waals surface area contributed by atoms with Crippen LogP contribution in [0.25, 0.3) is 0 Å². The van der Waals surface area contributed by atoms with Gasteiger partial charge in [0.1, 0.15) is 5.83 Å². The van der Waals surface area contributed by atoms with E-state index in [1.165, 1.54) is 6.08 Å². The van der Waals surface area contributed by atoms with Gasteiger partial charge in [0.25, 0.3) is 0 Å². The van der Waals surface area contributed by atoms with Crippen LogP contribution in [0.1, 0.15) is 27.7 Å². The number of halogens is 1. The van der Waals surface area contributed by atoms with Crippen molar-refractivity contribution in [3.05, 3.63) is 47.4 Å². The van der Waals surface area contributed by atoms with E-state index in [1.807, 2.05) is 13.8 Å². The van der Waals surface area contributed by atoms with Crippen LogP contribution < -0.4 is 0 Å². The highest BCUT2D eigenvalue weighted by Crippen LogP contribution is 2.17. The van der Waals surface area contributed by atoms with E-state index >= 15 is 0 Å². The van der Waals surface area contributed by atoms with Gasteiger partial charge in [-0.15, -0.1) is 0 Å². The summed E-state index contributed by atoms with van der Waals surface area (Å²) in [6.07, 6.45) is 1.49. The van der Waals surface area contributed by atoms with Crippen LogP contribution in [0.15, 0.2) is 47.4 Å². The van der Waals surface area contributed by atoms with Crippen LogP contribution in [0, 0.1) is 0 Å². The van der Waals surface area contributed by atoms with E-state index in [9.17, 15) is 4.39 Å². The smallest absolute Gasteiger partial charge is 0.126 e. The normalized spacial score (nSPS) is 13.8. The van der Waals surface area contributed by atoms with Crippen molar-refractivity contribution in [3.8, 4) is 0 Å². The topological polar surface area (TPSA) is 0 Å². The molecule has 0 aliphatic heterocycles. The fraction of sp³-hybridized carbons (Fsp3) is 0.333. The minimum atomic E-state index is -0.229. The van der Waals surface area contributed by atoms with Crippen LogP contribution in [0.4, 0.5) is 4.39 Å². The minimum Gasteiger partial charge on any atom is -0.207 e. The molecule has 0 aliphatic rings. The molecule has 0 unspecified atom stereocenters. The molecular formula is C12H17F. The molecule has 0 aliphatic carbocycles. The molecule has 0 radical (unpaired) electrons. The molecule has 0 atom stereocenters. The van der Waals surface area contributed by atoms with Gasteiger partial charge in [0, 0.05) is 0 Å². The average molecular weight is 180 g/mol. The lowest BCUT2D eigenvalue weighted by atomic mass is 10.1. The van der Waals surface area contributed by atoms with E-state index in [0.29, 0.717) is 5.57 Å². The number of hydrogen-bond donors (Lipinski definition) is 0. The number of rotatable bonds is 3. The highest BCUT2D eigenvalue weighted by Gasteiger charge is 1.99. The lowest BCUT2D eigenvalue weighted by Crippen LogP contribution is -1.83. The summed E-state index contributed by atoms with van der Waals surface area (Å²) in [5, 5.41) is 0. The molecule has 0 heterocycles. The number of hydrogen-bond acceptors (Lipinski definition) is 0. The molecule has 0 aromatic heterocycles. The molecule has 1 heteroatoms. The molecule has 0 aromatic rings. The van der Waals surface area contributed by atoms with Crippen LogP contribution in [-0.4, -0.2) is 0 Å². The molecular weight excluding hydrogens is 163 g/mol. The molecule has 13 heavy (non-hydrogen) atoms. The molecule has 72 valence electrons. The van der Waals surface area contributed by atoms with Crippen molar-refractivity contribution in [1.82, 2.24) is 0 Å². The molecule has 0 fully saturated rings. The maximum atomic E-state index is 13.4. The Hall–Kier alpha value is -1.11. The average Bonchev–Trinajstić information content (AvgIpc) is 2.02. The van der Waals surface area contributed by atoms with E-state index in [4.69, 9.17) is 0 Å². The van der Waals surface area contributed by atoms with Crippen molar-refractivity contribution in [2.45, 2.75) is 27.7 Å². The zero-order chi connectivity index (χ0) is 10.6. The van der Waals surface area contributed by atoms with Crippen molar-refractivity contribution >= 4 is 0 Å². The van der Waals surface area contributed by atoms with E-state index in [1.54, 1.807) is 13.8 Å². The first-order chi connectivity index (χ1) is 5.86. The van der Waals surface area contributed by atoms with Crippen molar-refractivity contribution < 1.29 is 4.39 Å². The molecule has 0 saturated carbocycles. The second-order valence-corrected chi connectivity index (χ2v) is 3.36. The summed E-state index contributed by atoms with van der Waals surface area (Å²) in [5.74, 6) is -0.229. The third-order valence-electron chi connectivity index (χ3n) is 2.01. The van der Waals surface area contributed by atoms with Crippen LogP contribution in [0.2, 0.25) is 0 Å². The quantitative estimate of drug-likeness (QED) is 0.567. The Balaban J connectivity index is 4.92. The van der Waals surface area contributed by atoms with Gasteiger partial charge in [-0.1, -0.05) is 24.3 Å². The molecule has 0 N–H and O–H groups in total. The maximum Gasteiger partial charge on any atom is 0.126 e. The summed E-state index contributed by atoms with van der Waals surface area (Å²) in [5.41, 5.74) is 3.09. The first kappa shape index (κ1) is 11.9. The van der Waals surface area contributed by atoms with Crippen molar-refractivity contribution in [1.29, 1.82) is 0 Å². The maximum absolute atomic E-state index is 13.4. The van der Waals surface area contributed by atoms with Gasteiger partial charge in [0.15, 0.2) is 0 Å². The molecule has 0 spiro atoms. The molecule has 0 aromatic carbocycles. The van der Waals surface area contributed by atoms with E-state index in [-0.39, 0.29) is 5.83 Å². The summed E-state index contributed by atoms with van der Waals surface area (Å²) >= 11 is 0. The Morgan fingerprint density at radius 1 is 1.00 bits per heavy atom. The Kier molecular flexibility index (Phi) is 4.39. The SMILES string of the molecule is C=C(C)/C(C)=C\C(F)=C(\C)C(=C)C. The van der Waals surface area contributed by atoms with Gasteiger partial charge < -0.3 is 0 Å². The third kappa shape index (κ3) is 3.88. The summed E-state index contributed by atoms with van der Waals surface area (Å²) in [4.78, 5) is 0. The van der Waals surface area contributed by atoms with Crippen molar-refractivity contribution in [3.63, 3.8) is 0 Å². The lowest BCUT2D eigenvalue weighted by Gasteiger charge is -2.02. The second kappa shape index (κ2) is 4.80. The fourth-order valence-electron chi connectivity index (χ4n) is 0.625. The Labute approximate surface area is 80.2 Å². The zero-order valence-corrected chi connectivity index (χ0v) is 8.87. The molecule has 0 bridgehead atoms. The van der Waals surface area contributed by atoms with Gasteiger partial charge in [0.2, 0.25) is 0 Å². The third-order valence-corrected chi connectivity index (χ3v) is 2.01. The highest BCUT2D eigenvalue weighted by molar-refractivity contribution is 5.37. The Bertz CT molecular complexity index is 290. The lowest BCUT2D eigenvalue weighted by molar-refractivity contribution is 0.654. The van der Waals surface area contributed by atoms with Crippen LogP contribution in [0.3, 0.4) is 0 Å². The van der Waals surface area contributed by atoms with E-state index in [2.05, 4.69) is 13.2 Å². The van der Waals surface area contributed by atoms with Gasteiger partial charge in [-0.05, 0) is 44.9 Å². The summed E-state index contributed by atoms with van der Waals surface area (Å²) < 4.78 is 13.4. The monoisotopic (exact) mass is 180 g/mol. The van der Waals surface area contributed by atoms with E-state index < -0.39 is 0 Å². The van der Waals surface area contributed by atoms with Crippen molar-refractivity contribution in [2.24, 2.45) is 0 Å². The first-order valence-electron chi connectivity index (χ1n) is 4.22. The molecule has 0 rings (SSSR count). The first-order valence-corrected chi connectivity index (χ1v) is 4.22. The van der Waals surface area contributed by atoms with Crippen LogP contribution in [-0.2, 0) is 0 Å². The highest BCUT2D eigenvalue weighted by atomic mass is 19.1. The van der Waals surface area contributed by atoms with E-state index in [0.717, 1.165) is 16.7 Å². The molecule has 0 saturated heterocycles. The molecule has 0 amide bonds. The van der Waals surface area contributed by atoms with Crippen LogP contribution in [0.5, 0.6) is 0 Å². The Morgan fingerprint density at radius 3 is 1.77 bits per heavy atom. The van der Waals surface area contributed by atoms with Crippen LogP contribution >= 0.6 is 0 Å². The largest absolute Gasteiger partial charge is 0.207 e. The molecule has 0 nitrogen and oxygen atoms in total. The van der Waals surface area contributed by atoms with Gasteiger partial charge >= 0.3 is 0 Å². The fourth-order valence-corrected chi connectivity index (χ4v) is 0.625. The standard InChI is InChI=1S/C12H17F/c1-8(2)10(5)7-12(13)11(6)9(3)4/h7H,1,3H2,2,4-6H3/b10-7-,12-11+. The predicted molar refractivity (Wildman–Crippen MR) is 57.2 cm³/mol. The van der Waals surface area contributed by atoms with Gasteiger partial charge in [-0.2, -0.15) is 0 Å². The summed E-state index contributed by atoms with van der Waals surface area (Å²) in [6.45, 7) is 14.6.